The van der Waals surface area contributed by atoms with Crippen LogP contribution in [0.1, 0.15) is 11.1 Å². The third kappa shape index (κ3) is 3.14. The lowest BCUT2D eigenvalue weighted by Gasteiger charge is -2.37. The Morgan fingerprint density at radius 2 is 2.14 bits per heavy atom. The molecule has 1 aliphatic heterocycles. The first-order chi connectivity index (χ1) is 13.7. The molecule has 2 aromatic carbocycles. The maximum absolute atomic E-state index is 12.4. The number of carbonyl (C=O) groups is 1. The van der Waals surface area contributed by atoms with Crippen LogP contribution < -0.4 is 10.2 Å². The van der Waals surface area contributed by atoms with Gasteiger partial charge >= 0.3 is 0 Å². The molecule has 0 spiro atoms. The molecule has 1 amide bonds. The monoisotopic (exact) mass is 390 g/mol. The Morgan fingerprint density at radius 1 is 1.29 bits per heavy atom. The Morgan fingerprint density at radius 3 is 3.04 bits per heavy atom. The van der Waals surface area contributed by atoms with Crippen LogP contribution in [-0.4, -0.2) is 35.5 Å². The first-order valence-electron chi connectivity index (χ1n) is 9.62. The van der Waals surface area contributed by atoms with Crippen molar-refractivity contribution in [2.45, 2.75) is 13.3 Å². The molecule has 28 heavy (non-hydrogen) atoms. The predicted octanol–water partition coefficient (Wildman–Crippen LogP) is 3.88. The number of aromatic nitrogens is 2. The molecule has 5 rings (SSSR count). The number of H-pyrrole nitrogens is 1. The summed E-state index contributed by atoms with van der Waals surface area (Å²) in [6, 6.07) is 14.6. The van der Waals surface area contributed by atoms with Gasteiger partial charge in [0.1, 0.15) is 0 Å². The molecule has 1 aliphatic rings. The van der Waals surface area contributed by atoms with Crippen molar-refractivity contribution in [3.05, 3.63) is 59.8 Å². The second kappa shape index (κ2) is 6.95. The molecule has 2 N–H and O–H groups in total. The Labute approximate surface area is 167 Å². The lowest BCUT2D eigenvalue weighted by molar-refractivity contribution is -0.125. The Kier molecular flexibility index (Phi) is 4.28. The molecular weight excluding hydrogens is 368 g/mol. The minimum absolute atomic E-state index is 0.0525. The normalized spacial score (nSPS) is 14.5. The van der Waals surface area contributed by atoms with Gasteiger partial charge in [-0.15, -0.1) is 0 Å². The summed E-state index contributed by atoms with van der Waals surface area (Å²) in [4.78, 5) is 22.6. The van der Waals surface area contributed by atoms with Gasteiger partial charge in [-0.25, -0.2) is 4.98 Å². The SMILES string of the molecule is Cc1ccc2nc(N3CC(C(=O)NCCc4c[nH]c5ccccc45)C3)sc2c1. The van der Waals surface area contributed by atoms with E-state index < -0.39 is 0 Å². The summed E-state index contributed by atoms with van der Waals surface area (Å²) in [6.45, 7) is 4.26. The highest BCUT2D eigenvalue weighted by molar-refractivity contribution is 7.22. The van der Waals surface area contributed by atoms with Crippen molar-refractivity contribution in [1.82, 2.24) is 15.3 Å². The van der Waals surface area contributed by atoms with Crippen LogP contribution in [0.5, 0.6) is 0 Å². The fourth-order valence-corrected chi connectivity index (χ4v) is 4.84. The Bertz CT molecular complexity index is 1160. The number of anilines is 1. The number of aromatic amines is 1. The molecule has 6 heteroatoms. The molecule has 0 aliphatic carbocycles. The van der Waals surface area contributed by atoms with Crippen molar-refractivity contribution in [1.29, 1.82) is 0 Å². The van der Waals surface area contributed by atoms with Gasteiger partial charge in [-0.1, -0.05) is 35.6 Å². The van der Waals surface area contributed by atoms with Crippen LogP contribution in [0, 0.1) is 12.8 Å². The summed E-state index contributed by atoms with van der Waals surface area (Å²) in [5.41, 5.74) is 4.68. The van der Waals surface area contributed by atoms with Gasteiger partial charge in [-0.2, -0.15) is 0 Å². The van der Waals surface area contributed by atoms with E-state index in [4.69, 9.17) is 4.98 Å². The number of rotatable bonds is 5. The minimum Gasteiger partial charge on any atom is -0.361 e. The van der Waals surface area contributed by atoms with Crippen LogP contribution in [0.15, 0.2) is 48.7 Å². The minimum atomic E-state index is 0.0525. The van der Waals surface area contributed by atoms with Gasteiger partial charge in [0.05, 0.1) is 16.1 Å². The molecule has 2 aromatic heterocycles. The predicted molar refractivity (Wildman–Crippen MR) is 115 cm³/mol. The van der Waals surface area contributed by atoms with Gasteiger partial charge in [-0.3, -0.25) is 4.79 Å². The Balaban J connectivity index is 1.14. The molecule has 4 aromatic rings. The van der Waals surface area contributed by atoms with Crippen LogP contribution in [0.4, 0.5) is 5.13 Å². The molecule has 142 valence electrons. The van der Waals surface area contributed by atoms with E-state index in [1.807, 2.05) is 18.3 Å². The average Bonchev–Trinajstić information content (AvgIpc) is 3.24. The van der Waals surface area contributed by atoms with Crippen molar-refractivity contribution >= 4 is 43.5 Å². The van der Waals surface area contributed by atoms with Crippen molar-refractivity contribution in [2.75, 3.05) is 24.5 Å². The van der Waals surface area contributed by atoms with Crippen LogP contribution in [-0.2, 0) is 11.2 Å². The lowest BCUT2D eigenvalue weighted by Crippen LogP contribution is -2.54. The van der Waals surface area contributed by atoms with Crippen molar-refractivity contribution < 1.29 is 4.79 Å². The fourth-order valence-electron chi connectivity index (χ4n) is 3.76. The third-order valence-corrected chi connectivity index (χ3v) is 6.50. The topological polar surface area (TPSA) is 61.0 Å². The molecule has 0 radical (unpaired) electrons. The van der Waals surface area contributed by atoms with Gasteiger partial charge in [0.25, 0.3) is 0 Å². The zero-order chi connectivity index (χ0) is 19.1. The number of nitrogens with one attached hydrogen (secondary N) is 2. The molecule has 1 saturated heterocycles. The largest absolute Gasteiger partial charge is 0.361 e. The van der Waals surface area contributed by atoms with E-state index in [2.05, 4.69) is 52.5 Å². The van der Waals surface area contributed by atoms with Crippen LogP contribution in [0.3, 0.4) is 0 Å². The van der Waals surface area contributed by atoms with E-state index in [1.165, 1.54) is 21.2 Å². The number of nitrogens with zero attached hydrogens (tertiary/aromatic N) is 2. The first kappa shape index (κ1) is 17.3. The Hall–Kier alpha value is -2.86. The zero-order valence-corrected chi connectivity index (χ0v) is 16.6. The van der Waals surface area contributed by atoms with Gasteiger partial charge in [0.2, 0.25) is 5.91 Å². The maximum Gasteiger partial charge on any atom is 0.226 e. The average molecular weight is 391 g/mol. The second-order valence-corrected chi connectivity index (χ2v) is 8.48. The number of hydrogen-bond donors (Lipinski definition) is 2. The molecule has 5 nitrogen and oxygen atoms in total. The smallest absolute Gasteiger partial charge is 0.226 e. The highest BCUT2D eigenvalue weighted by Gasteiger charge is 2.34. The quantitative estimate of drug-likeness (QED) is 0.544. The van der Waals surface area contributed by atoms with Crippen LogP contribution >= 0.6 is 11.3 Å². The number of thiazole rings is 1. The summed E-state index contributed by atoms with van der Waals surface area (Å²) in [5, 5.41) is 5.35. The maximum atomic E-state index is 12.4. The summed E-state index contributed by atoms with van der Waals surface area (Å²) in [7, 11) is 0. The number of hydrogen-bond acceptors (Lipinski definition) is 4. The number of carbonyl (C=O) groups excluding carboxylic acids is 1. The third-order valence-electron chi connectivity index (χ3n) is 5.42. The van der Waals surface area contributed by atoms with Gasteiger partial charge in [0.15, 0.2) is 5.13 Å². The molecule has 0 saturated carbocycles. The highest BCUT2D eigenvalue weighted by atomic mass is 32.1. The van der Waals surface area contributed by atoms with E-state index >= 15 is 0 Å². The first-order valence-corrected chi connectivity index (χ1v) is 10.4. The van der Waals surface area contributed by atoms with E-state index in [-0.39, 0.29) is 11.8 Å². The highest BCUT2D eigenvalue weighted by Crippen LogP contribution is 2.33. The number of amides is 1. The van der Waals surface area contributed by atoms with E-state index in [0.29, 0.717) is 6.54 Å². The molecule has 3 heterocycles. The van der Waals surface area contributed by atoms with E-state index in [1.54, 1.807) is 11.3 Å². The van der Waals surface area contributed by atoms with Gasteiger partial charge in [0, 0.05) is 36.7 Å². The van der Waals surface area contributed by atoms with Gasteiger partial charge < -0.3 is 15.2 Å². The summed E-state index contributed by atoms with van der Waals surface area (Å²) < 4.78 is 1.21. The van der Waals surface area contributed by atoms with Crippen LogP contribution in [0.2, 0.25) is 0 Å². The van der Waals surface area contributed by atoms with Gasteiger partial charge in [-0.05, 0) is 42.7 Å². The standard InChI is InChI=1S/C22H22N4OS/c1-14-6-7-19-20(10-14)28-22(25-19)26-12-16(13-26)21(27)23-9-8-15-11-24-18-5-3-2-4-17(15)18/h2-7,10-11,16,24H,8-9,12-13H2,1H3,(H,23,27). The number of aryl methyl sites for hydroxylation is 1. The van der Waals surface area contributed by atoms with Crippen molar-refractivity contribution in [3.63, 3.8) is 0 Å². The molecule has 0 unspecified atom stereocenters. The number of fused-ring (bicyclic) bond motifs is 2. The van der Waals surface area contributed by atoms with E-state index in [0.717, 1.165) is 35.7 Å². The number of benzene rings is 2. The summed E-state index contributed by atoms with van der Waals surface area (Å²) >= 11 is 1.71. The molecular formula is C22H22N4OS. The number of para-hydroxylation sites is 1. The summed E-state index contributed by atoms with van der Waals surface area (Å²) in [5.74, 6) is 0.199. The van der Waals surface area contributed by atoms with E-state index in [9.17, 15) is 4.79 Å². The summed E-state index contributed by atoms with van der Waals surface area (Å²) in [6.07, 6.45) is 2.88. The lowest BCUT2D eigenvalue weighted by atomic mass is 10.00. The van der Waals surface area contributed by atoms with Crippen LogP contribution in [0.25, 0.3) is 21.1 Å². The molecule has 0 bridgehead atoms. The van der Waals surface area contributed by atoms with Crippen molar-refractivity contribution in [3.8, 4) is 0 Å². The second-order valence-electron chi connectivity index (χ2n) is 7.47. The fraction of sp³-hybridized carbons (Fsp3) is 0.273. The zero-order valence-electron chi connectivity index (χ0n) is 15.7. The molecule has 0 atom stereocenters. The molecule has 1 fully saturated rings. The van der Waals surface area contributed by atoms with Crippen molar-refractivity contribution in [2.24, 2.45) is 5.92 Å².